The van der Waals surface area contributed by atoms with Crippen LogP contribution in [-0.2, 0) is 33.5 Å². The SMILES string of the molecule is O=C1CCCC(=O)N1OS(=O)(=O)C(F)(F)COC(=O)C12CC3CC(CC(C3)C1)C2. The molecule has 1 aliphatic heterocycles. The summed E-state index contributed by atoms with van der Waals surface area (Å²) >= 11 is 0. The number of nitrogens with zero attached hydrogens (tertiary/aromatic N) is 1. The van der Waals surface area contributed by atoms with Gasteiger partial charge in [-0.3, -0.25) is 14.4 Å². The summed E-state index contributed by atoms with van der Waals surface area (Å²) in [6.45, 7) is -1.72. The van der Waals surface area contributed by atoms with E-state index in [1.807, 2.05) is 0 Å². The highest BCUT2D eigenvalue weighted by atomic mass is 32.2. The largest absolute Gasteiger partial charge is 0.458 e. The molecule has 0 N–H and O–H groups in total. The number of hydroxylamine groups is 2. The van der Waals surface area contributed by atoms with Gasteiger partial charge in [-0.15, -0.1) is 9.35 Å². The molecule has 0 aromatic rings. The van der Waals surface area contributed by atoms with Crippen molar-refractivity contribution in [2.24, 2.45) is 23.2 Å². The van der Waals surface area contributed by atoms with Gasteiger partial charge in [0, 0.05) is 12.8 Å². The number of alkyl halides is 2. The molecule has 4 saturated carbocycles. The molecule has 5 aliphatic rings. The quantitative estimate of drug-likeness (QED) is 0.465. The van der Waals surface area contributed by atoms with Gasteiger partial charge < -0.3 is 4.74 Å². The molecule has 11 heteroatoms. The first-order valence-corrected chi connectivity index (χ1v) is 11.3. The first-order valence-electron chi connectivity index (χ1n) is 9.86. The number of amides is 2. The van der Waals surface area contributed by atoms with Crippen LogP contribution in [0.4, 0.5) is 8.78 Å². The molecule has 0 atom stereocenters. The fourth-order valence-corrected chi connectivity index (χ4v) is 6.38. The molecule has 0 unspecified atom stereocenters. The van der Waals surface area contributed by atoms with Gasteiger partial charge in [0.1, 0.15) is 0 Å². The number of rotatable bonds is 6. The van der Waals surface area contributed by atoms with E-state index in [1.165, 1.54) is 0 Å². The number of esters is 1. The number of imide groups is 1. The molecule has 1 heterocycles. The first-order chi connectivity index (χ1) is 13.5. The van der Waals surface area contributed by atoms with Crippen LogP contribution < -0.4 is 0 Å². The van der Waals surface area contributed by atoms with Crippen molar-refractivity contribution in [3.05, 3.63) is 0 Å². The van der Waals surface area contributed by atoms with Crippen molar-refractivity contribution < 1.29 is 40.6 Å². The molecule has 0 aromatic carbocycles. The van der Waals surface area contributed by atoms with Gasteiger partial charge in [-0.25, -0.2) is 0 Å². The molecule has 162 valence electrons. The molecule has 2 amide bonds. The van der Waals surface area contributed by atoms with Gasteiger partial charge in [0.2, 0.25) is 0 Å². The molecule has 29 heavy (non-hydrogen) atoms. The van der Waals surface area contributed by atoms with E-state index >= 15 is 0 Å². The van der Waals surface area contributed by atoms with E-state index in [0.717, 1.165) is 19.3 Å². The molecule has 8 nitrogen and oxygen atoms in total. The van der Waals surface area contributed by atoms with Crippen LogP contribution in [0, 0.1) is 23.2 Å². The Morgan fingerprint density at radius 2 is 1.52 bits per heavy atom. The Hall–Kier alpha value is -1.62. The van der Waals surface area contributed by atoms with Crippen LogP contribution in [0.5, 0.6) is 0 Å². The molecule has 5 rings (SSSR count). The van der Waals surface area contributed by atoms with Crippen molar-refractivity contribution in [2.45, 2.75) is 63.0 Å². The summed E-state index contributed by atoms with van der Waals surface area (Å²) in [6.07, 6.45) is 4.71. The minimum atomic E-state index is -5.70. The molecule has 5 fully saturated rings. The molecule has 0 spiro atoms. The molecular formula is C18H23F2NO7S. The van der Waals surface area contributed by atoms with E-state index in [4.69, 9.17) is 4.74 Å². The van der Waals surface area contributed by atoms with Crippen LogP contribution in [0.25, 0.3) is 0 Å². The van der Waals surface area contributed by atoms with Gasteiger partial charge in [-0.1, -0.05) is 0 Å². The second-order valence-corrected chi connectivity index (χ2v) is 10.5. The van der Waals surface area contributed by atoms with Crippen LogP contribution in [0.15, 0.2) is 0 Å². The Morgan fingerprint density at radius 1 is 1.03 bits per heavy atom. The standard InChI is InChI=1S/C18H23F2NO7S/c19-18(20,29(25,26)28-21-14(22)2-1-3-15(21)23)10-27-16(24)17-7-11-4-12(8-17)6-13(5-11)9-17/h11-13H,1-10H2. The summed E-state index contributed by atoms with van der Waals surface area (Å²) in [4.78, 5) is 35.9. The summed E-state index contributed by atoms with van der Waals surface area (Å²) in [5.74, 6) is -1.65. The smallest absolute Gasteiger partial charge is 0.404 e. The van der Waals surface area contributed by atoms with Gasteiger partial charge in [-0.2, -0.15) is 17.2 Å². The minimum absolute atomic E-state index is 0.145. The van der Waals surface area contributed by atoms with Gasteiger partial charge in [0.05, 0.1) is 5.41 Å². The minimum Gasteiger partial charge on any atom is -0.458 e. The van der Waals surface area contributed by atoms with Crippen molar-refractivity contribution in [3.63, 3.8) is 0 Å². The lowest BCUT2D eigenvalue weighted by atomic mass is 9.49. The third-order valence-electron chi connectivity index (χ3n) is 6.62. The van der Waals surface area contributed by atoms with Crippen LogP contribution in [0.1, 0.15) is 57.8 Å². The first kappa shape index (κ1) is 20.6. The van der Waals surface area contributed by atoms with Crippen LogP contribution >= 0.6 is 0 Å². The Labute approximate surface area is 167 Å². The average molecular weight is 435 g/mol. The Balaban J connectivity index is 1.41. The third kappa shape index (κ3) is 3.67. The lowest BCUT2D eigenvalue weighted by molar-refractivity contribution is -0.181. The van der Waals surface area contributed by atoms with Crippen LogP contribution in [0.3, 0.4) is 0 Å². The zero-order valence-corrected chi connectivity index (χ0v) is 16.6. The topological polar surface area (TPSA) is 107 Å². The fraction of sp³-hybridized carbons (Fsp3) is 0.833. The predicted molar refractivity (Wildman–Crippen MR) is 92.2 cm³/mol. The maximum atomic E-state index is 14.3. The highest BCUT2D eigenvalue weighted by Crippen LogP contribution is 2.60. The number of carbonyl (C=O) groups is 3. The second-order valence-electron chi connectivity index (χ2n) is 8.88. The Bertz CT molecular complexity index is 790. The Morgan fingerprint density at radius 3 is 2.00 bits per heavy atom. The molecular weight excluding hydrogens is 412 g/mol. The maximum Gasteiger partial charge on any atom is 0.404 e. The van der Waals surface area contributed by atoms with Crippen molar-refractivity contribution in [3.8, 4) is 0 Å². The summed E-state index contributed by atoms with van der Waals surface area (Å²) in [7, 11) is -5.70. The molecule has 1 saturated heterocycles. The van der Waals surface area contributed by atoms with E-state index in [0.29, 0.717) is 37.0 Å². The predicted octanol–water partition coefficient (Wildman–Crippen LogP) is 2.14. The number of ether oxygens (including phenoxy) is 1. The van der Waals surface area contributed by atoms with Crippen molar-refractivity contribution in [2.75, 3.05) is 6.61 Å². The fourth-order valence-electron chi connectivity index (χ4n) is 5.70. The van der Waals surface area contributed by atoms with E-state index in [9.17, 15) is 31.6 Å². The highest BCUT2D eigenvalue weighted by Gasteiger charge is 2.57. The Kier molecular flexibility index (Phi) is 4.96. The lowest BCUT2D eigenvalue weighted by Crippen LogP contribution is -2.51. The average Bonchev–Trinajstić information content (AvgIpc) is 2.61. The molecule has 4 bridgehead atoms. The second kappa shape index (κ2) is 6.97. The third-order valence-corrected chi connectivity index (χ3v) is 7.81. The van der Waals surface area contributed by atoms with E-state index < -0.39 is 45.2 Å². The summed E-state index contributed by atoms with van der Waals surface area (Å²) in [6, 6.07) is 0. The van der Waals surface area contributed by atoms with E-state index in [-0.39, 0.29) is 24.3 Å². The normalized spacial score (nSPS) is 34.6. The van der Waals surface area contributed by atoms with Crippen molar-refractivity contribution in [1.82, 2.24) is 5.06 Å². The highest BCUT2D eigenvalue weighted by molar-refractivity contribution is 7.87. The van der Waals surface area contributed by atoms with E-state index in [1.54, 1.807) is 0 Å². The number of piperidine rings is 1. The number of hydrogen-bond donors (Lipinski definition) is 0. The lowest BCUT2D eigenvalue weighted by Gasteiger charge is -2.55. The van der Waals surface area contributed by atoms with Crippen LogP contribution in [0.2, 0.25) is 0 Å². The number of hydrogen-bond acceptors (Lipinski definition) is 7. The number of carbonyl (C=O) groups excluding carboxylic acids is 3. The van der Waals surface area contributed by atoms with Crippen molar-refractivity contribution >= 4 is 27.9 Å². The summed E-state index contributed by atoms with van der Waals surface area (Å²) in [5.41, 5.74) is -0.811. The van der Waals surface area contributed by atoms with Crippen molar-refractivity contribution in [1.29, 1.82) is 0 Å². The zero-order valence-electron chi connectivity index (χ0n) is 15.8. The maximum absolute atomic E-state index is 14.3. The molecule has 0 aromatic heterocycles. The van der Waals surface area contributed by atoms with E-state index in [2.05, 4.69) is 4.28 Å². The van der Waals surface area contributed by atoms with Crippen LogP contribution in [-0.4, -0.2) is 43.1 Å². The van der Waals surface area contributed by atoms with Gasteiger partial charge in [0.15, 0.2) is 6.61 Å². The summed E-state index contributed by atoms with van der Waals surface area (Å²) < 4.78 is 61.4. The van der Waals surface area contributed by atoms with Gasteiger partial charge in [0.25, 0.3) is 11.8 Å². The zero-order chi connectivity index (χ0) is 21.0. The van der Waals surface area contributed by atoms with Gasteiger partial charge in [-0.05, 0) is 62.7 Å². The van der Waals surface area contributed by atoms with Gasteiger partial charge >= 0.3 is 21.3 Å². The monoisotopic (exact) mass is 435 g/mol. The molecule has 4 aliphatic carbocycles. The number of halogens is 2. The summed E-state index contributed by atoms with van der Waals surface area (Å²) in [5, 5.41) is -4.74. The molecule has 0 radical (unpaired) electrons.